The van der Waals surface area contributed by atoms with Gasteiger partial charge in [-0.05, 0) is 24.6 Å². The summed E-state index contributed by atoms with van der Waals surface area (Å²) in [6.45, 7) is 1.42. The van der Waals surface area contributed by atoms with Crippen LogP contribution in [0, 0.1) is 0 Å². The second-order valence-electron chi connectivity index (χ2n) is 3.06. The number of phenols is 2. The molecule has 1 rings (SSSR count). The summed E-state index contributed by atoms with van der Waals surface area (Å²) < 4.78 is 34.9. The van der Waals surface area contributed by atoms with Crippen LogP contribution in [0.3, 0.4) is 0 Å². The van der Waals surface area contributed by atoms with Gasteiger partial charge in [-0.1, -0.05) is 6.04 Å². The minimum atomic E-state index is -2.98. The zero-order valence-corrected chi connectivity index (χ0v) is 9.02. The van der Waals surface area contributed by atoms with E-state index in [0.29, 0.717) is 0 Å². The molecule has 0 aromatic heterocycles. The van der Waals surface area contributed by atoms with Crippen LogP contribution in [-0.4, -0.2) is 33.9 Å². The third kappa shape index (κ3) is 3.08. The van der Waals surface area contributed by atoms with E-state index < -0.39 is 53.3 Å². The van der Waals surface area contributed by atoms with Gasteiger partial charge < -0.3 is 25.8 Å². The van der Waals surface area contributed by atoms with E-state index in [1.807, 2.05) is 0 Å². The molecule has 0 saturated heterocycles. The van der Waals surface area contributed by atoms with Gasteiger partial charge in [-0.3, -0.25) is 4.79 Å². The van der Waals surface area contributed by atoms with Gasteiger partial charge in [0.1, 0.15) is 12.1 Å². The minimum Gasteiger partial charge on any atom is -0.504 e. The highest BCUT2D eigenvalue weighted by Gasteiger charge is 2.25. The molecular weight excluding hydrogens is 226 g/mol. The molecule has 94 valence electrons. The van der Waals surface area contributed by atoms with Crippen molar-refractivity contribution < 1.29 is 30.3 Å². The molecule has 6 nitrogen and oxygen atoms in total. The third-order valence-corrected chi connectivity index (χ3v) is 1.86. The van der Waals surface area contributed by atoms with Gasteiger partial charge in [0.05, 0.1) is 12.1 Å². The van der Waals surface area contributed by atoms with Crippen LogP contribution in [0.2, 0.25) is 0 Å². The van der Waals surface area contributed by atoms with E-state index in [9.17, 15) is 20.1 Å². The molecular formula is C11H15NO5. The first kappa shape index (κ1) is 8.32. The lowest BCUT2D eigenvalue weighted by atomic mass is 10.0. The van der Waals surface area contributed by atoms with Crippen LogP contribution in [0.5, 0.6) is 11.5 Å². The molecule has 6 heteroatoms. The second kappa shape index (κ2) is 5.51. The van der Waals surface area contributed by atoms with Crippen molar-refractivity contribution in [2.45, 2.75) is 19.0 Å². The van der Waals surface area contributed by atoms with Crippen LogP contribution in [0.25, 0.3) is 0 Å². The highest BCUT2D eigenvalue weighted by atomic mass is 16.5. The Morgan fingerprint density at radius 3 is 2.82 bits per heavy atom. The topological polar surface area (TPSA) is 113 Å². The zero-order chi connectivity index (χ0) is 16.5. The zero-order valence-electron chi connectivity index (χ0n) is 13.0. The molecule has 1 aromatic rings. The van der Waals surface area contributed by atoms with Gasteiger partial charge in [0.15, 0.2) is 11.5 Å². The predicted molar refractivity (Wildman–Crippen MR) is 59.3 cm³/mol. The summed E-state index contributed by atoms with van der Waals surface area (Å²) in [7, 11) is 0. The number of carbonyl (C=O) groups excluding carboxylic acids is 1. The van der Waals surface area contributed by atoms with Crippen molar-refractivity contribution in [3.05, 3.63) is 23.7 Å². The number of hydrogen-bond donors (Lipinski definition) is 4. The molecule has 1 aromatic carbocycles. The Morgan fingerprint density at radius 2 is 2.24 bits per heavy atom. The Balaban J connectivity index is 3.48. The van der Waals surface area contributed by atoms with Gasteiger partial charge in [0, 0.05) is 0 Å². The van der Waals surface area contributed by atoms with Crippen LogP contribution >= 0.6 is 0 Å². The number of carbonyl (C=O) groups is 1. The summed E-state index contributed by atoms with van der Waals surface area (Å²) >= 11 is 0. The Kier molecular flexibility index (Phi) is 2.70. The molecule has 0 fully saturated rings. The second-order valence-corrected chi connectivity index (χ2v) is 3.06. The first-order valence-electron chi connectivity index (χ1n) is 6.74. The maximum atomic E-state index is 11.5. The standard InChI is InChI=1S/C11H15NO5/c1-2-17-11(16)9(12)10(15)6-3-4-7(13)8(14)5-6/h3-5,9-10,13-15H,2,12H2,1H3/t9-,10-/m1/s1/i3D,4D,5D,10D. The highest BCUT2D eigenvalue weighted by molar-refractivity contribution is 5.76. The van der Waals surface area contributed by atoms with Crippen LogP contribution in [0.4, 0.5) is 0 Å². The number of rotatable bonds is 4. The fourth-order valence-corrected chi connectivity index (χ4v) is 1.02. The van der Waals surface area contributed by atoms with Gasteiger partial charge >= 0.3 is 5.97 Å². The average molecular weight is 245 g/mol. The quantitative estimate of drug-likeness (QED) is 0.439. The number of aliphatic hydroxyl groups is 1. The van der Waals surface area contributed by atoms with E-state index in [2.05, 4.69) is 4.74 Å². The number of benzene rings is 1. The first-order chi connectivity index (χ1) is 9.57. The van der Waals surface area contributed by atoms with E-state index in [0.717, 1.165) is 0 Å². The molecule has 0 spiro atoms. The number of ether oxygens (including phenoxy) is 1. The van der Waals surface area contributed by atoms with Crippen LogP contribution in [0.1, 0.15) is 24.1 Å². The molecule has 0 heterocycles. The van der Waals surface area contributed by atoms with Crippen molar-refractivity contribution in [3.63, 3.8) is 0 Å². The monoisotopic (exact) mass is 245 g/mol. The number of esters is 1. The van der Waals surface area contributed by atoms with Crippen molar-refractivity contribution >= 4 is 5.97 Å². The van der Waals surface area contributed by atoms with Gasteiger partial charge in [-0.15, -0.1) is 0 Å². The number of phenolic OH excluding ortho intramolecular Hbond substituents is 2. The van der Waals surface area contributed by atoms with Crippen LogP contribution < -0.4 is 5.73 Å². The summed E-state index contributed by atoms with van der Waals surface area (Å²) in [5.41, 5.74) is 4.53. The predicted octanol–water partition coefficient (Wildman–Crippen LogP) is 0.0216. The smallest absolute Gasteiger partial charge is 0.325 e. The number of hydrogen-bond acceptors (Lipinski definition) is 6. The van der Waals surface area contributed by atoms with Crippen molar-refractivity contribution in [2.75, 3.05) is 6.61 Å². The summed E-state index contributed by atoms with van der Waals surface area (Å²) in [5.74, 6) is -3.27. The van der Waals surface area contributed by atoms with Crippen molar-refractivity contribution in [3.8, 4) is 11.5 Å². The lowest BCUT2D eigenvalue weighted by molar-refractivity contribution is -0.147. The van der Waals surface area contributed by atoms with Gasteiger partial charge in [0.25, 0.3) is 0 Å². The molecule has 2 atom stereocenters. The van der Waals surface area contributed by atoms with E-state index in [4.69, 9.17) is 11.2 Å². The first-order valence-corrected chi connectivity index (χ1v) is 4.74. The van der Waals surface area contributed by atoms with E-state index in [1.165, 1.54) is 6.92 Å². The third-order valence-electron chi connectivity index (χ3n) is 1.86. The fraction of sp³-hybridized carbons (Fsp3) is 0.364. The van der Waals surface area contributed by atoms with Crippen LogP contribution in [-0.2, 0) is 9.53 Å². The molecule has 0 unspecified atom stereocenters. The normalized spacial score (nSPS) is 19.2. The number of aromatic hydroxyl groups is 2. The molecule has 17 heavy (non-hydrogen) atoms. The molecule has 5 N–H and O–H groups in total. The van der Waals surface area contributed by atoms with E-state index in [1.54, 1.807) is 0 Å². The molecule has 0 bridgehead atoms. The Labute approximate surface area is 104 Å². The Hall–Kier alpha value is -1.79. The van der Waals surface area contributed by atoms with Crippen molar-refractivity contribution in [1.82, 2.24) is 0 Å². The average Bonchev–Trinajstić information content (AvgIpc) is 2.42. The number of nitrogens with two attached hydrogens (primary N) is 1. The summed E-state index contributed by atoms with van der Waals surface area (Å²) in [6.07, 6.45) is -2.98. The maximum absolute atomic E-state index is 11.5. The van der Waals surface area contributed by atoms with Crippen molar-refractivity contribution in [1.29, 1.82) is 0 Å². The summed E-state index contributed by atoms with van der Waals surface area (Å²) in [6, 6.07) is -4.73. The SMILES string of the molecule is [2H]c1c([2H])c([C@@]([2H])(O)[C@@H](N)C(=O)OCC)c([2H])c(O)c1O. The van der Waals surface area contributed by atoms with E-state index in [-0.39, 0.29) is 6.61 Å². The van der Waals surface area contributed by atoms with Crippen molar-refractivity contribution in [2.24, 2.45) is 5.73 Å². The Bertz CT molecular complexity index is 549. The Morgan fingerprint density at radius 1 is 1.59 bits per heavy atom. The highest BCUT2D eigenvalue weighted by Crippen LogP contribution is 2.28. The molecule has 0 aliphatic carbocycles. The molecule has 0 radical (unpaired) electrons. The van der Waals surface area contributed by atoms with Gasteiger partial charge in [-0.2, -0.15) is 0 Å². The van der Waals surface area contributed by atoms with Gasteiger partial charge in [0.2, 0.25) is 0 Å². The molecule has 0 aliphatic heterocycles. The lowest BCUT2D eigenvalue weighted by Crippen LogP contribution is -2.38. The largest absolute Gasteiger partial charge is 0.504 e. The molecule has 0 amide bonds. The maximum Gasteiger partial charge on any atom is 0.325 e. The minimum absolute atomic E-state index is 0.0609. The van der Waals surface area contributed by atoms with E-state index >= 15 is 0 Å². The fourth-order valence-electron chi connectivity index (χ4n) is 1.02. The van der Waals surface area contributed by atoms with Gasteiger partial charge in [-0.25, -0.2) is 0 Å². The summed E-state index contributed by atoms with van der Waals surface area (Å²) in [5, 5.41) is 28.9. The lowest BCUT2D eigenvalue weighted by Gasteiger charge is -2.17. The molecule has 0 saturated carbocycles. The summed E-state index contributed by atoms with van der Waals surface area (Å²) in [4.78, 5) is 11.5. The van der Waals surface area contributed by atoms with Crippen LogP contribution in [0.15, 0.2) is 18.1 Å². The molecule has 0 aliphatic rings.